The Balaban J connectivity index is 1.91. The van der Waals surface area contributed by atoms with Crippen molar-refractivity contribution in [1.82, 2.24) is 4.98 Å². The minimum atomic E-state index is 0.0670. The summed E-state index contributed by atoms with van der Waals surface area (Å²) in [6.07, 6.45) is 2.73. The van der Waals surface area contributed by atoms with Gasteiger partial charge in [0.05, 0.1) is 18.8 Å². The Labute approximate surface area is 156 Å². The third-order valence-electron chi connectivity index (χ3n) is 4.06. The third kappa shape index (κ3) is 4.28. The van der Waals surface area contributed by atoms with Gasteiger partial charge in [0, 0.05) is 23.5 Å². The predicted octanol–water partition coefficient (Wildman–Crippen LogP) is 4.93. The van der Waals surface area contributed by atoms with Crippen LogP contribution in [0.15, 0.2) is 47.6 Å². The van der Waals surface area contributed by atoms with Crippen LogP contribution in [0.5, 0.6) is 11.5 Å². The number of ketones is 1. The number of carbonyl (C=O) groups excluding carboxylic acids is 1. The highest BCUT2D eigenvalue weighted by molar-refractivity contribution is 9.10. The molecule has 0 bridgehead atoms. The number of halogens is 1. The summed E-state index contributed by atoms with van der Waals surface area (Å²) >= 11 is 3.42. The van der Waals surface area contributed by atoms with E-state index in [0.717, 1.165) is 15.7 Å². The molecule has 130 valence electrons. The molecule has 0 fully saturated rings. The molecule has 1 atom stereocenters. The van der Waals surface area contributed by atoms with Crippen LogP contribution in [-0.4, -0.2) is 24.0 Å². The first-order valence-electron chi connectivity index (χ1n) is 8.26. The fraction of sp³-hybridized carbons (Fsp3) is 0.300. The first-order valence-corrected chi connectivity index (χ1v) is 9.05. The molecule has 0 aliphatic carbocycles. The average molecular weight is 402 g/mol. The number of Topliss-reactive ketones (excluding diaryl/α,β-unsaturated/α-hetero) is 1. The fourth-order valence-electron chi connectivity index (χ4n) is 2.74. The van der Waals surface area contributed by atoms with Crippen molar-refractivity contribution < 1.29 is 14.3 Å². The van der Waals surface area contributed by atoms with E-state index in [9.17, 15) is 4.79 Å². The minimum absolute atomic E-state index is 0.0670. The van der Waals surface area contributed by atoms with Crippen molar-refractivity contribution in [3.63, 3.8) is 0 Å². The van der Waals surface area contributed by atoms with Gasteiger partial charge in [0.1, 0.15) is 17.2 Å². The van der Waals surface area contributed by atoms with Gasteiger partial charge in [-0.05, 0) is 45.6 Å². The molecule has 1 aromatic carbocycles. The zero-order chi connectivity index (χ0) is 17.8. The Hall–Kier alpha value is -2.14. The zero-order valence-corrected chi connectivity index (χ0v) is 15.7. The quantitative estimate of drug-likeness (QED) is 0.627. The molecule has 0 N–H and O–H groups in total. The summed E-state index contributed by atoms with van der Waals surface area (Å²) in [6, 6.07) is 9.26. The predicted molar refractivity (Wildman–Crippen MR) is 101 cm³/mol. The van der Waals surface area contributed by atoms with Crippen molar-refractivity contribution in [2.45, 2.75) is 19.8 Å². The Kier molecular flexibility index (Phi) is 5.53. The number of fused-ring (bicyclic) bond motifs is 2. The average Bonchev–Trinajstić information content (AvgIpc) is 2.60. The summed E-state index contributed by atoms with van der Waals surface area (Å²) in [5.74, 6) is 1.44. The summed E-state index contributed by atoms with van der Waals surface area (Å²) in [5, 5.41) is 0. The largest absolute Gasteiger partial charge is 0.492 e. The lowest BCUT2D eigenvalue weighted by Crippen LogP contribution is -2.14. The Morgan fingerprint density at radius 3 is 2.88 bits per heavy atom. The maximum atomic E-state index is 12.6. The molecule has 0 amide bonds. The van der Waals surface area contributed by atoms with Crippen LogP contribution in [0.3, 0.4) is 0 Å². The number of nitrogens with zero attached hydrogens (tertiary/aromatic N) is 1. The van der Waals surface area contributed by atoms with Gasteiger partial charge in [-0.15, -0.1) is 0 Å². The molecule has 2 heterocycles. The molecular formula is C20H20BrNO3. The summed E-state index contributed by atoms with van der Waals surface area (Å²) in [7, 11) is 0. The van der Waals surface area contributed by atoms with E-state index in [4.69, 9.17) is 9.47 Å². The lowest BCUT2D eigenvalue weighted by Gasteiger charge is -2.15. The monoisotopic (exact) mass is 401 g/mol. The molecule has 0 unspecified atom stereocenters. The standard InChI is InChI=1S/C20H20BrNO3/c1-13-9-17(23)16-5-3-4-6-18(16)24-8-7-14(2)20-19(25-12-13)10-15(21)11-22-20/h3-6,10-11,13H,2,7-9,12H2,1H3/t13-/m1/s1. The van der Waals surface area contributed by atoms with E-state index < -0.39 is 0 Å². The van der Waals surface area contributed by atoms with Gasteiger partial charge in [-0.1, -0.05) is 25.6 Å². The topological polar surface area (TPSA) is 48.4 Å². The summed E-state index contributed by atoms with van der Waals surface area (Å²) in [6.45, 7) is 6.99. The number of hydrogen-bond acceptors (Lipinski definition) is 4. The first-order chi connectivity index (χ1) is 12.0. The van der Waals surface area contributed by atoms with Crippen molar-refractivity contribution in [2.75, 3.05) is 13.2 Å². The van der Waals surface area contributed by atoms with Crippen LogP contribution in [0.4, 0.5) is 0 Å². The van der Waals surface area contributed by atoms with Crippen molar-refractivity contribution in [1.29, 1.82) is 0 Å². The van der Waals surface area contributed by atoms with Gasteiger partial charge in [0.25, 0.3) is 0 Å². The van der Waals surface area contributed by atoms with Crippen LogP contribution >= 0.6 is 15.9 Å². The molecule has 1 aliphatic rings. The summed E-state index contributed by atoms with van der Waals surface area (Å²) in [4.78, 5) is 17.1. The van der Waals surface area contributed by atoms with Gasteiger partial charge in [0.2, 0.25) is 0 Å². The highest BCUT2D eigenvalue weighted by Crippen LogP contribution is 2.30. The molecule has 25 heavy (non-hydrogen) atoms. The second-order valence-corrected chi connectivity index (χ2v) is 7.16. The van der Waals surface area contributed by atoms with E-state index >= 15 is 0 Å². The van der Waals surface area contributed by atoms with Gasteiger partial charge in [-0.2, -0.15) is 0 Å². The molecular weight excluding hydrogens is 382 g/mol. The number of hydrogen-bond donors (Lipinski definition) is 0. The molecule has 0 radical (unpaired) electrons. The smallest absolute Gasteiger partial charge is 0.166 e. The molecule has 1 aromatic heterocycles. The second-order valence-electron chi connectivity index (χ2n) is 6.24. The fourth-order valence-corrected chi connectivity index (χ4v) is 3.05. The number of pyridine rings is 1. The van der Waals surface area contributed by atoms with E-state index in [1.54, 1.807) is 6.20 Å². The molecule has 3 rings (SSSR count). The van der Waals surface area contributed by atoms with Crippen LogP contribution in [0, 0.1) is 5.92 Å². The Morgan fingerprint density at radius 2 is 2.04 bits per heavy atom. The molecule has 0 saturated heterocycles. The van der Waals surface area contributed by atoms with Crippen LogP contribution in [0.2, 0.25) is 0 Å². The highest BCUT2D eigenvalue weighted by Gasteiger charge is 2.18. The van der Waals surface area contributed by atoms with E-state index in [1.165, 1.54) is 0 Å². The second kappa shape index (κ2) is 7.83. The zero-order valence-electron chi connectivity index (χ0n) is 14.1. The van der Waals surface area contributed by atoms with Crippen LogP contribution < -0.4 is 9.47 Å². The lowest BCUT2D eigenvalue weighted by molar-refractivity contribution is 0.0945. The van der Waals surface area contributed by atoms with Crippen LogP contribution in [0.25, 0.3) is 5.57 Å². The van der Waals surface area contributed by atoms with Crippen molar-refractivity contribution in [3.8, 4) is 11.5 Å². The van der Waals surface area contributed by atoms with Crippen molar-refractivity contribution in [2.24, 2.45) is 5.92 Å². The summed E-state index contributed by atoms with van der Waals surface area (Å²) < 4.78 is 12.7. The normalized spacial score (nSPS) is 18.6. The summed E-state index contributed by atoms with van der Waals surface area (Å²) in [5.41, 5.74) is 2.20. The van der Waals surface area contributed by atoms with Gasteiger partial charge in [-0.3, -0.25) is 9.78 Å². The number of ether oxygens (including phenoxy) is 2. The minimum Gasteiger partial charge on any atom is -0.492 e. The van der Waals surface area contributed by atoms with Crippen LogP contribution in [0.1, 0.15) is 35.8 Å². The number of aromatic nitrogens is 1. The van der Waals surface area contributed by atoms with E-state index in [1.807, 2.05) is 37.3 Å². The highest BCUT2D eigenvalue weighted by atomic mass is 79.9. The lowest BCUT2D eigenvalue weighted by atomic mass is 9.99. The molecule has 2 aromatic rings. The molecule has 0 spiro atoms. The first kappa shape index (κ1) is 17.7. The van der Waals surface area contributed by atoms with Gasteiger partial charge >= 0.3 is 0 Å². The Bertz CT molecular complexity index is 803. The van der Waals surface area contributed by atoms with E-state index in [0.29, 0.717) is 43.1 Å². The third-order valence-corrected chi connectivity index (χ3v) is 4.49. The number of rotatable bonds is 0. The van der Waals surface area contributed by atoms with Crippen molar-refractivity contribution in [3.05, 3.63) is 58.8 Å². The number of benzene rings is 1. The molecule has 1 aliphatic heterocycles. The van der Waals surface area contributed by atoms with Gasteiger partial charge in [-0.25, -0.2) is 0 Å². The maximum absolute atomic E-state index is 12.6. The Morgan fingerprint density at radius 1 is 1.24 bits per heavy atom. The maximum Gasteiger partial charge on any atom is 0.166 e. The van der Waals surface area contributed by atoms with Gasteiger partial charge < -0.3 is 9.47 Å². The molecule has 5 heteroatoms. The number of carbonyl (C=O) groups is 1. The molecule has 4 nitrogen and oxygen atoms in total. The van der Waals surface area contributed by atoms with Gasteiger partial charge in [0.15, 0.2) is 5.78 Å². The molecule has 0 saturated carbocycles. The SMILES string of the molecule is C=C1CCOc2ccccc2C(=O)C[C@@H](C)COc2cc(Br)cnc21. The van der Waals surface area contributed by atoms with E-state index in [-0.39, 0.29) is 11.7 Å². The van der Waals surface area contributed by atoms with E-state index in [2.05, 4.69) is 27.5 Å². The number of para-hydroxylation sites is 1. The van der Waals surface area contributed by atoms with Crippen LogP contribution in [-0.2, 0) is 0 Å². The van der Waals surface area contributed by atoms with Crippen molar-refractivity contribution >= 4 is 27.3 Å².